The van der Waals surface area contributed by atoms with Crippen molar-refractivity contribution in [3.8, 4) is 11.5 Å². The van der Waals surface area contributed by atoms with E-state index in [1.807, 2.05) is 27.8 Å². The highest BCUT2D eigenvalue weighted by atomic mass is 127. The van der Waals surface area contributed by atoms with Gasteiger partial charge in [0.05, 0.1) is 29.1 Å². The summed E-state index contributed by atoms with van der Waals surface area (Å²) in [6.07, 6.45) is 4.01. The van der Waals surface area contributed by atoms with Gasteiger partial charge in [-0.15, -0.1) is 0 Å². The first-order chi connectivity index (χ1) is 13.5. The highest BCUT2D eigenvalue weighted by Crippen LogP contribution is 2.28. The van der Waals surface area contributed by atoms with Crippen molar-refractivity contribution in [3.63, 3.8) is 0 Å². The Balaban J connectivity index is 1.39. The van der Waals surface area contributed by atoms with E-state index in [-0.39, 0.29) is 5.56 Å². The lowest BCUT2D eigenvalue weighted by Crippen LogP contribution is -2.34. The van der Waals surface area contributed by atoms with E-state index in [1.54, 1.807) is 12.3 Å². The van der Waals surface area contributed by atoms with Crippen LogP contribution in [0.1, 0.15) is 18.4 Å². The van der Waals surface area contributed by atoms with Gasteiger partial charge in [0.2, 0.25) is 0 Å². The van der Waals surface area contributed by atoms with Gasteiger partial charge in [-0.25, -0.2) is 13.8 Å². The van der Waals surface area contributed by atoms with Crippen LogP contribution in [0.25, 0.3) is 11.5 Å². The lowest BCUT2D eigenvalue weighted by atomic mass is 9.90. The molecule has 1 aliphatic rings. The maximum atomic E-state index is 13.4. The van der Waals surface area contributed by atoms with Gasteiger partial charge in [0, 0.05) is 25.2 Å². The summed E-state index contributed by atoms with van der Waals surface area (Å²) >= 11 is 1.82. The molecule has 9 heteroatoms. The number of anilines is 1. The number of hydrogen-bond acceptors (Lipinski definition) is 5. The van der Waals surface area contributed by atoms with Crippen molar-refractivity contribution in [3.05, 3.63) is 64.1 Å². The summed E-state index contributed by atoms with van der Waals surface area (Å²) < 4.78 is 33.8. The molecule has 0 saturated carbocycles. The normalized spacial score (nSPS) is 15.2. The zero-order valence-electron chi connectivity index (χ0n) is 14.8. The second-order valence-corrected chi connectivity index (χ2v) is 7.75. The third-order valence-corrected chi connectivity index (χ3v) is 5.53. The van der Waals surface area contributed by atoms with Gasteiger partial charge in [-0.05, 0) is 48.9 Å². The molecular weight excluding hydrogens is 481 g/mol. The molecule has 1 aliphatic heterocycles. The van der Waals surface area contributed by atoms with Gasteiger partial charge in [-0.3, -0.25) is 4.79 Å². The van der Waals surface area contributed by atoms with E-state index in [0.717, 1.165) is 32.0 Å². The van der Waals surface area contributed by atoms with Gasteiger partial charge in [-0.2, -0.15) is 7.99 Å². The average molecular weight is 498 g/mol. The fraction of sp³-hybridized carbons (Fsp3) is 0.316. The Kier molecular flexibility index (Phi) is 5.42. The summed E-state index contributed by atoms with van der Waals surface area (Å²) in [6.45, 7) is 1.50. The van der Waals surface area contributed by atoms with Crippen molar-refractivity contribution in [1.82, 2.24) is 13.0 Å². The predicted octanol–water partition coefficient (Wildman–Crippen LogP) is 3.83. The van der Waals surface area contributed by atoms with Gasteiger partial charge < -0.3 is 9.32 Å². The Hall–Kier alpha value is -2.30. The summed E-state index contributed by atoms with van der Waals surface area (Å²) in [7, 11) is 0. The van der Waals surface area contributed by atoms with Crippen LogP contribution in [0.4, 0.5) is 14.8 Å². The van der Waals surface area contributed by atoms with Crippen molar-refractivity contribution < 1.29 is 13.2 Å². The molecule has 0 spiro atoms. The molecule has 28 heavy (non-hydrogen) atoms. The van der Waals surface area contributed by atoms with Crippen LogP contribution in [-0.2, 0) is 6.42 Å². The molecule has 3 aromatic rings. The first-order valence-corrected chi connectivity index (χ1v) is 9.87. The Morgan fingerprint density at radius 1 is 1.14 bits per heavy atom. The van der Waals surface area contributed by atoms with Crippen LogP contribution in [0.2, 0.25) is 0 Å². The Labute approximate surface area is 173 Å². The van der Waals surface area contributed by atoms with Crippen molar-refractivity contribution in [1.29, 1.82) is 0 Å². The van der Waals surface area contributed by atoms with Gasteiger partial charge in [0.15, 0.2) is 5.76 Å². The predicted molar refractivity (Wildman–Crippen MR) is 108 cm³/mol. The van der Waals surface area contributed by atoms with E-state index in [4.69, 9.17) is 4.42 Å². The van der Waals surface area contributed by atoms with Gasteiger partial charge in [-0.1, -0.05) is 0 Å². The largest absolute Gasteiger partial charge is 0.422 e. The molecule has 0 radical (unpaired) electrons. The van der Waals surface area contributed by atoms with E-state index in [1.165, 1.54) is 21.1 Å². The number of benzene rings is 1. The lowest BCUT2D eigenvalue weighted by molar-refractivity contribution is 0.385. The van der Waals surface area contributed by atoms with Crippen molar-refractivity contribution in [2.75, 3.05) is 18.0 Å². The van der Waals surface area contributed by atoms with E-state index in [2.05, 4.69) is 10.1 Å². The quantitative estimate of drug-likeness (QED) is 0.512. The lowest BCUT2D eigenvalue weighted by Gasteiger charge is -2.30. The molecule has 0 aliphatic carbocycles. The molecule has 0 amide bonds. The number of halogens is 3. The van der Waals surface area contributed by atoms with Crippen LogP contribution < -0.4 is 10.5 Å². The van der Waals surface area contributed by atoms with Crippen LogP contribution in [-0.4, -0.2) is 26.1 Å². The van der Waals surface area contributed by atoms with E-state index in [9.17, 15) is 13.6 Å². The minimum Gasteiger partial charge on any atom is -0.422 e. The second kappa shape index (κ2) is 7.98. The number of oxazole rings is 1. The maximum Gasteiger partial charge on any atom is 0.297 e. The average Bonchev–Trinajstić information content (AvgIpc) is 3.14. The molecule has 0 bridgehead atoms. The zero-order valence-corrected chi connectivity index (χ0v) is 17.0. The topological polar surface area (TPSA) is 64.2 Å². The monoisotopic (exact) mass is 498 g/mol. The Morgan fingerprint density at radius 2 is 1.86 bits per heavy atom. The third-order valence-electron chi connectivity index (χ3n) is 4.84. The van der Waals surface area contributed by atoms with Crippen LogP contribution in [0.15, 0.2) is 45.7 Å². The summed E-state index contributed by atoms with van der Waals surface area (Å²) in [5, 5.41) is 4.15. The number of rotatable bonds is 4. The molecule has 6 nitrogen and oxygen atoms in total. The molecular formula is C19H17F2IN4O2. The molecule has 0 atom stereocenters. The smallest absolute Gasteiger partial charge is 0.297 e. The van der Waals surface area contributed by atoms with Gasteiger partial charge >= 0.3 is 0 Å². The number of aromatic nitrogens is 3. The molecule has 1 aromatic carbocycles. The molecule has 146 valence electrons. The van der Waals surface area contributed by atoms with Gasteiger partial charge in [0.1, 0.15) is 17.3 Å². The van der Waals surface area contributed by atoms with Crippen LogP contribution >= 0.6 is 22.9 Å². The van der Waals surface area contributed by atoms with E-state index in [0.29, 0.717) is 35.4 Å². The summed E-state index contributed by atoms with van der Waals surface area (Å²) in [6, 6.07) is 7.23. The minimum atomic E-state index is -0.536. The minimum absolute atomic E-state index is 0.204. The van der Waals surface area contributed by atoms with Crippen molar-refractivity contribution in [2.45, 2.75) is 19.3 Å². The molecule has 0 N–H and O–H groups in total. The number of nitrogens with zero attached hydrogens (tertiary/aromatic N) is 4. The maximum absolute atomic E-state index is 13.4. The second-order valence-electron chi connectivity index (χ2n) is 6.84. The summed E-state index contributed by atoms with van der Waals surface area (Å²) in [4.78, 5) is 17.8. The zero-order chi connectivity index (χ0) is 19.7. The van der Waals surface area contributed by atoms with Crippen molar-refractivity contribution in [2.24, 2.45) is 5.92 Å². The van der Waals surface area contributed by atoms with E-state index < -0.39 is 11.6 Å². The van der Waals surface area contributed by atoms with Gasteiger partial charge in [0.25, 0.3) is 11.6 Å². The molecule has 1 fully saturated rings. The number of piperidine rings is 1. The third kappa shape index (κ3) is 4.23. The highest BCUT2D eigenvalue weighted by molar-refractivity contribution is 14.1. The van der Waals surface area contributed by atoms with Crippen LogP contribution in [0.5, 0.6) is 0 Å². The fourth-order valence-corrected chi connectivity index (χ4v) is 3.83. The first-order valence-electron chi connectivity index (χ1n) is 8.90. The Morgan fingerprint density at radius 3 is 2.54 bits per heavy atom. The van der Waals surface area contributed by atoms with E-state index >= 15 is 0 Å². The van der Waals surface area contributed by atoms with Crippen LogP contribution in [0, 0.1) is 17.6 Å². The Bertz CT molecular complexity index is 1020. The molecule has 1 saturated heterocycles. The SMILES string of the molecule is O=c1ccc(-c2cnc(N3CCC(Cc4cc(F)cc(F)c4)CC3)o2)nn1I. The highest BCUT2D eigenvalue weighted by Gasteiger charge is 2.23. The number of hydrogen-bond donors (Lipinski definition) is 0. The standard InChI is InChI=1S/C19H17F2IN4O2/c20-14-8-13(9-15(21)10-14)7-12-3-5-25(6-4-12)19-23-11-17(28-19)16-1-2-18(27)26(22)24-16/h1-2,8-12H,3-7H2. The summed E-state index contributed by atoms with van der Waals surface area (Å²) in [5.41, 5.74) is 1.02. The first kappa shape index (κ1) is 19.0. The van der Waals surface area contributed by atoms with Crippen LogP contribution in [0.3, 0.4) is 0 Å². The molecule has 4 rings (SSSR count). The molecule has 2 aromatic heterocycles. The molecule has 3 heterocycles. The summed E-state index contributed by atoms with van der Waals surface area (Å²) in [5.74, 6) is -0.216. The van der Waals surface area contributed by atoms with Crippen molar-refractivity contribution >= 4 is 28.9 Å². The molecule has 0 unspecified atom stereocenters. The fourth-order valence-electron chi connectivity index (χ4n) is 3.44.